The van der Waals surface area contributed by atoms with Gasteiger partial charge >= 0.3 is 5.97 Å². The summed E-state index contributed by atoms with van der Waals surface area (Å²) in [6.07, 6.45) is 1.46. The van der Waals surface area contributed by atoms with E-state index in [4.69, 9.17) is 28.3 Å². The fraction of sp³-hybridized carbons (Fsp3) is 0.105. The van der Waals surface area contributed by atoms with E-state index < -0.39 is 5.97 Å². The van der Waals surface area contributed by atoms with Crippen molar-refractivity contribution in [2.45, 2.75) is 0 Å². The lowest BCUT2D eigenvalue weighted by Gasteiger charge is -2.16. The van der Waals surface area contributed by atoms with Gasteiger partial charge in [-0.25, -0.2) is 9.78 Å². The Balaban J connectivity index is 2.10. The summed E-state index contributed by atoms with van der Waals surface area (Å²) in [4.78, 5) is 29.4. The fourth-order valence-electron chi connectivity index (χ4n) is 2.66. The summed E-state index contributed by atoms with van der Waals surface area (Å²) in [6, 6.07) is 9.77. The number of nitrogens with one attached hydrogen (secondary N) is 1. The summed E-state index contributed by atoms with van der Waals surface area (Å²) < 4.78 is 0. The third-order valence-electron chi connectivity index (χ3n) is 3.96. The molecule has 138 valence electrons. The quantitative estimate of drug-likeness (QED) is 0.660. The molecule has 3 rings (SSSR count). The lowest BCUT2D eigenvalue weighted by molar-refractivity contribution is 0.0696. The molecule has 0 bridgehead atoms. The van der Waals surface area contributed by atoms with E-state index in [1.54, 1.807) is 38.4 Å². The first-order chi connectivity index (χ1) is 12.8. The van der Waals surface area contributed by atoms with E-state index in [1.807, 2.05) is 0 Å². The number of anilines is 2. The molecule has 0 radical (unpaired) electrons. The molecule has 0 spiro atoms. The van der Waals surface area contributed by atoms with Crippen molar-refractivity contribution < 1.29 is 14.7 Å². The van der Waals surface area contributed by atoms with Crippen LogP contribution in [-0.4, -0.2) is 41.0 Å². The predicted molar refractivity (Wildman–Crippen MR) is 106 cm³/mol. The molecule has 2 N–H and O–H groups in total. The molecule has 0 aliphatic carbocycles. The number of carboxylic acids is 1. The van der Waals surface area contributed by atoms with Crippen LogP contribution in [0.3, 0.4) is 0 Å². The molecule has 0 fully saturated rings. The maximum atomic E-state index is 12.5. The highest BCUT2D eigenvalue weighted by atomic mass is 35.5. The zero-order chi connectivity index (χ0) is 19.7. The van der Waals surface area contributed by atoms with E-state index in [9.17, 15) is 9.59 Å². The summed E-state index contributed by atoms with van der Waals surface area (Å²) in [5.41, 5.74) is 0.964. The van der Waals surface area contributed by atoms with Gasteiger partial charge in [-0.1, -0.05) is 35.3 Å². The highest BCUT2D eigenvalue weighted by molar-refractivity contribution is 6.37. The van der Waals surface area contributed by atoms with Gasteiger partial charge in [0.1, 0.15) is 5.82 Å². The molecule has 0 aliphatic heterocycles. The van der Waals surface area contributed by atoms with Crippen molar-refractivity contribution in [1.82, 2.24) is 9.88 Å². The summed E-state index contributed by atoms with van der Waals surface area (Å²) in [5.74, 6) is -0.837. The monoisotopic (exact) mass is 403 g/mol. The topological polar surface area (TPSA) is 82.5 Å². The highest BCUT2D eigenvalue weighted by Gasteiger charge is 2.18. The van der Waals surface area contributed by atoms with Gasteiger partial charge in [-0.15, -0.1) is 0 Å². The number of aromatic carboxylic acids is 1. The van der Waals surface area contributed by atoms with Gasteiger partial charge in [0.15, 0.2) is 0 Å². The van der Waals surface area contributed by atoms with Crippen molar-refractivity contribution in [1.29, 1.82) is 0 Å². The van der Waals surface area contributed by atoms with Gasteiger partial charge in [-0.3, -0.25) is 4.79 Å². The normalized spacial score (nSPS) is 10.7. The number of fused-ring (bicyclic) bond motifs is 1. The summed E-state index contributed by atoms with van der Waals surface area (Å²) in [5, 5.41) is 14.0. The number of benzene rings is 2. The van der Waals surface area contributed by atoms with Crippen molar-refractivity contribution in [3.8, 4) is 0 Å². The molecule has 0 saturated carbocycles. The van der Waals surface area contributed by atoms with Crippen LogP contribution in [0.1, 0.15) is 20.7 Å². The molecule has 1 amide bonds. The summed E-state index contributed by atoms with van der Waals surface area (Å²) in [7, 11) is 3.31. The van der Waals surface area contributed by atoms with Crippen LogP contribution >= 0.6 is 23.2 Å². The zero-order valence-electron chi connectivity index (χ0n) is 14.5. The predicted octanol–water partition coefficient (Wildman–Crippen LogP) is 4.69. The van der Waals surface area contributed by atoms with Crippen LogP contribution < -0.4 is 5.32 Å². The van der Waals surface area contributed by atoms with E-state index >= 15 is 0 Å². The van der Waals surface area contributed by atoms with Crippen LogP contribution in [0, 0.1) is 0 Å². The Bertz CT molecular complexity index is 1070. The summed E-state index contributed by atoms with van der Waals surface area (Å²) >= 11 is 12.4. The van der Waals surface area contributed by atoms with Crippen LogP contribution in [0.5, 0.6) is 0 Å². The van der Waals surface area contributed by atoms with Gasteiger partial charge in [0.05, 0.1) is 16.1 Å². The smallest absolute Gasteiger partial charge is 0.337 e. The van der Waals surface area contributed by atoms with Crippen LogP contribution in [0.25, 0.3) is 10.8 Å². The number of carboxylic acid groups (broad SMARTS) is 1. The largest absolute Gasteiger partial charge is 0.478 e. The number of amides is 1. The average Bonchev–Trinajstić information content (AvgIpc) is 2.61. The fourth-order valence-corrected chi connectivity index (χ4v) is 3.20. The molecular formula is C19H15Cl2N3O3. The van der Waals surface area contributed by atoms with Crippen LogP contribution in [0.4, 0.5) is 11.5 Å². The molecule has 1 aromatic heterocycles. The second-order valence-electron chi connectivity index (χ2n) is 6.01. The minimum atomic E-state index is -1.10. The van der Waals surface area contributed by atoms with Gasteiger partial charge in [-0.2, -0.15) is 0 Å². The van der Waals surface area contributed by atoms with E-state index in [0.29, 0.717) is 32.9 Å². The van der Waals surface area contributed by atoms with Crippen molar-refractivity contribution >= 4 is 57.4 Å². The van der Waals surface area contributed by atoms with Crippen molar-refractivity contribution in [2.75, 3.05) is 19.4 Å². The molecule has 0 aliphatic rings. The third kappa shape index (κ3) is 3.67. The van der Waals surface area contributed by atoms with Crippen molar-refractivity contribution in [3.05, 3.63) is 63.8 Å². The van der Waals surface area contributed by atoms with E-state index in [-0.39, 0.29) is 16.5 Å². The van der Waals surface area contributed by atoms with Gasteiger partial charge in [-0.05, 0) is 24.3 Å². The lowest BCUT2D eigenvalue weighted by Crippen LogP contribution is -2.22. The zero-order valence-corrected chi connectivity index (χ0v) is 16.0. The lowest BCUT2D eigenvalue weighted by atomic mass is 10.1. The van der Waals surface area contributed by atoms with Crippen LogP contribution in [0.2, 0.25) is 10.0 Å². The SMILES string of the molecule is CN(C)C(=O)c1cnc(Nc2ccc(C(=O)O)c(Cl)c2)c2cccc(Cl)c12. The molecule has 27 heavy (non-hydrogen) atoms. The van der Waals surface area contributed by atoms with E-state index in [1.165, 1.54) is 23.2 Å². The van der Waals surface area contributed by atoms with Crippen molar-refractivity contribution in [2.24, 2.45) is 0 Å². The molecule has 0 atom stereocenters. The summed E-state index contributed by atoms with van der Waals surface area (Å²) in [6.45, 7) is 0. The Morgan fingerprint density at radius 1 is 1.07 bits per heavy atom. The number of aromatic nitrogens is 1. The van der Waals surface area contributed by atoms with Gasteiger partial charge in [0, 0.05) is 41.8 Å². The second kappa shape index (κ2) is 7.42. The minimum Gasteiger partial charge on any atom is -0.478 e. The number of carbonyl (C=O) groups is 2. The molecule has 0 saturated heterocycles. The maximum absolute atomic E-state index is 12.5. The number of hydrogen-bond donors (Lipinski definition) is 2. The Labute approximate surface area is 165 Å². The first-order valence-corrected chi connectivity index (χ1v) is 8.64. The Kier molecular flexibility index (Phi) is 5.21. The van der Waals surface area contributed by atoms with Gasteiger partial charge in [0.2, 0.25) is 0 Å². The molecule has 2 aromatic carbocycles. The number of rotatable bonds is 4. The molecule has 1 heterocycles. The molecule has 6 nitrogen and oxygen atoms in total. The maximum Gasteiger partial charge on any atom is 0.337 e. The average molecular weight is 404 g/mol. The van der Waals surface area contributed by atoms with Crippen LogP contribution in [-0.2, 0) is 0 Å². The molecule has 8 heteroatoms. The minimum absolute atomic E-state index is 0.00926. The molecule has 3 aromatic rings. The third-order valence-corrected chi connectivity index (χ3v) is 4.59. The highest BCUT2D eigenvalue weighted by Crippen LogP contribution is 2.33. The standard InChI is InChI=1S/C19H15Cl2N3O3/c1-24(2)18(25)13-9-22-17(12-4-3-5-14(20)16(12)13)23-10-6-7-11(19(26)27)15(21)8-10/h3-9H,1-2H3,(H,22,23)(H,26,27). The Morgan fingerprint density at radius 2 is 1.81 bits per heavy atom. The van der Waals surface area contributed by atoms with E-state index in [2.05, 4.69) is 10.3 Å². The second-order valence-corrected chi connectivity index (χ2v) is 6.82. The molecule has 0 unspecified atom stereocenters. The van der Waals surface area contributed by atoms with E-state index in [0.717, 1.165) is 0 Å². The van der Waals surface area contributed by atoms with Crippen LogP contribution in [0.15, 0.2) is 42.6 Å². The van der Waals surface area contributed by atoms with Crippen molar-refractivity contribution in [3.63, 3.8) is 0 Å². The van der Waals surface area contributed by atoms with Gasteiger partial charge < -0.3 is 15.3 Å². The number of halogens is 2. The first kappa shape index (κ1) is 18.9. The first-order valence-electron chi connectivity index (χ1n) is 7.88. The number of hydrogen-bond acceptors (Lipinski definition) is 4. The number of pyridine rings is 1. The Hall–Kier alpha value is -2.83. The number of carbonyl (C=O) groups excluding carboxylic acids is 1. The van der Waals surface area contributed by atoms with Gasteiger partial charge in [0.25, 0.3) is 5.91 Å². The molecular weight excluding hydrogens is 389 g/mol. The number of nitrogens with zero attached hydrogens (tertiary/aromatic N) is 2. The Morgan fingerprint density at radius 3 is 2.44 bits per heavy atom.